The topological polar surface area (TPSA) is 150 Å². The van der Waals surface area contributed by atoms with Gasteiger partial charge in [0, 0.05) is 21.5 Å². The smallest absolute Gasteiger partial charge is 0.268 e. The summed E-state index contributed by atoms with van der Waals surface area (Å²) < 4.78 is 0. The van der Waals surface area contributed by atoms with Gasteiger partial charge in [0.1, 0.15) is 17.7 Å². The Morgan fingerprint density at radius 2 is 1.73 bits per heavy atom. The molecule has 0 atom stereocenters. The predicted octanol–water partition coefficient (Wildman–Crippen LogP) is 2.32. The largest absolute Gasteiger partial charge is 0.398 e. The molecule has 3 aromatic rings. The lowest BCUT2D eigenvalue weighted by molar-refractivity contribution is 0.103. The number of nitrogens with two attached hydrogens (primary N) is 2. The highest BCUT2D eigenvalue weighted by Gasteiger charge is 2.21. The molecule has 126 valence electrons. The second-order valence-corrected chi connectivity index (χ2v) is 5.87. The maximum Gasteiger partial charge on any atom is 0.268 e. The highest BCUT2D eigenvalue weighted by molar-refractivity contribution is 6.30. The van der Waals surface area contributed by atoms with Crippen molar-refractivity contribution in [1.29, 1.82) is 10.5 Å². The number of nitrogens with zero attached hydrogens (tertiary/aromatic N) is 2. The molecule has 7 nitrogen and oxygen atoms in total. The number of rotatable bonds is 2. The SMILES string of the molecule is N#Cc1c(N)c2c(N)c(C(=O)c3ccc(Cl)cc3)cc(C#N)c2[nH]c1=O. The highest BCUT2D eigenvalue weighted by atomic mass is 35.5. The van der Waals surface area contributed by atoms with Crippen molar-refractivity contribution in [2.75, 3.05) is 11.5 Å². The number of hydrogen-bond donors (Lipinski definition) is 3. The van der Waals surface area contributed by atoms with Crippen molar-refractivity contribution in [1.82, 2.24) is 4.98 Å². The third-order valence-corrected chi connectivity index (χ3v) is 4.21. The van der Waals surface area contributed by atoms with Gasteiger partial charge in [-0.15, -0.1) is 0 Å². The third kappa shape index (κ3) is 2.53. The number of nitrogens with one attached hydrogen (secondary N) is 1. The van der Waals surface area contributed by atoms with E-state index < -0.39 is 11.3 Å². The first-order chi connectivity index (χ1) is 12.4. The maximum absolute atomic E-state index is 12.8. The molecule has 0 saturated carbocycles. The molecule has 0 bridgehead atoms. The first-order valence-corrected chi connectivity index (χ1v) is 7.65. The average molecular weight is 364 g/mol. The summed E-state index contributed by atoms with van der Waals surface area (Å²) in [5, 5.41) is 19.1. The van der Waals surface area contributed by atoms with Crippen LogP contribution in [0.3, 0.4) is 0 Å². The van der Waals surface area contributed by atoms with Crippen LogP contribution in [0.5, 0.6) is 0 Å². The van der Waals surface area contributed by atoms with Gasteiger partial charge >= 0.3 is 0 Å². The zero-order chi connectivity index (χ0) is 19.0. The molecule has 0 spiro atoms. The van der Waals surface area contributed by atoms with E-state index in [1.165, 1.54) is 18.2 Å². The van der Waals surface area contributed by atoms with E-state index >= 15 is 0 Å². The minimum atomic E-state index is -0.731. The van der Waals surface area contributed by atoms with Crippen molar-refractivity contribution in [2.45, 2.75) is 0 Å². The Kier molecular flexibility index (Phi) is 4.09. The Bertz CT molecular complexity index is 1210. The minimum absolute atomic E-state index is 0.0137. The number of ketones is 1. The van der Waals surface area contributed by atoms with Crippen molar-refractivity contribution >= 4 is 39.7 Å². The number of benzene rings is 2. The van der Waals surface area contributed by atoms with Crippen LogP contribution in [0.1, 0.15) is 27.0 Å². The molecule has 0 unspecified atom stereocenters. The highest BCUT2D eigenvalue weighted by Crippen LogP contribution is 2.33. The zero-order valence-electron chi connectivity index (χ0n) is 13.1. The fraction of sp³-hybridized carbons (Fsp3) is 0. The van der Waals surface area contributed by atoms with Crippen LogP contribution < -0.4 is 17.0 Å². The van der Waals surface area contributed by atoms with Gasteiger partial charge in [-0.3, -0.25) is 9.59 Å². The molecule has 2 aromatic carbocycles. The fourth-order valence-electron chi connectivity index (χ4n) is 2.67. The van der Waals surface area contributed by atoms with E-state index in [-0.39, 0.29) is 39.0 Å². The molecular formula is C18H10ClN5O2. The number of nitrogen functional groups attached to an aromatic ring is 2. The van der Waals surface area contributed by atoms with Gasteiger partial charge < -0.3 is 16.5 Å². The molecule has 0 fully saturated rings. The van der Waals surface area contributed by atoms with E-state index in [9.17, 15) is 14.9 Å². The van der Waals surface area contributed by atoms with Crippen molar-refractivity contribution in [3.8, 4) is 12.1 Å². The number of fused-ring (bicyclic) bond motifs is 1. The summed E-state index contributed by atoms with van der Waals surface area (Å²) in [6, 6.07) is 11.1. The molecule has 5 N–H and O–H groups in total. The van der Waals surface area contributed by atoms with Gasteiger partial charge in [0.15, 0.2) is 5.78 Å². The van der Waals surface area contributed by atoms with Crippen LogP contribution in [0.2, 0.25) is 5.02 Å². The van der Waals surface area contributed by atoms with E-state index in [2.05, 4.69) is 4.98 Å². The van der Waals surface area contributed by atoms with Gasteiger partial charge in [0.05, 0.1) is 22.5 Å². The molecule has 3 rings (SSSR count). The van der Waals surface area contributed by atoms with Crippen LogP contribution >= 0.6 is 11.6 Å². The lowest BCUT2D eigenvalue weighted by atomic mass is 9.95. The van der Waals surface area contributed by atoms with Crippen molar-refractivity contribution < 1.29 is 4.79 Å². The van der Waals surface area contributed by atoms with Crippen LogP contribution in [0.25, 0.3) is 10.9 Å². The van der Waals surface area contributed by atoms with Crippen LogP contribution in [0, 0.1) is 22.7 Å². The van der Waals surface area contributed by atoms with Gasteiger partial charge in [-0.1, -0.05) is 11.6 Å². The van der Waals surface area contributed by atoms with E-state index in [1.807, 2.05) is 6.07 Å². The summed E-state index contributed by atoms with van der Waals surface area (Å²) in [4.78, 5) is 27.2. The maximum atomic E-state index is 12.8. The monoisotopic (exact) mass is 363 g/mol. The van der Waals surface area contributed by atoms with Crippen molar-refractivity contribution in [2.24, 2.45) is 0 Å². The molecule has 26 heavy (non-hydrogen) atoms. The molecule has 1 heterocycles. The third-order valence-electron chi connectivity index (χ3n) is 3.96. The normalized spacial score (nSPS) is 10.3. The summed E-state index contributed by atoms with van der Waals surface area (Å²) in [5.41, 5.74) is 11.2. The number of anilines is 2. The van der Waals surface area contributed by atoms with E-state index in [1.54, 1.807) is 18.2 Å². The molecule has 0 aliphatic carbocycles. The summed E-state index contributed by atoms with van der Waals surface area (Å²) in [6.07, 6.45) is 0. The number of aromatic amines is 1. The summed E-state index contributed by atoms with van der Waals surface area (Å²) in [7, 11) is 0. The molecule has 1 aromatic heterocycles. The number of hydrogen-bond acceptors (Lipinski definition) is 6. The van der Waals surface area contributed by atoms with Gasteiger partial charge in [-0.25, -0.2) is 0 Å². The lowest BCUT2D eigenvalue weighted by Gasteiger charge is -2.12. The number of H-pyrrole nitrogens is 1. The average Bonchev–Trinajstić information content (AvgIpc) is 2.62. The molecule has 0 aliphatic heterocycles. The number of carbonyl (C=O) groups is 1. The Hall–Kier alpha value is -3.81. The van der Waals surface area contributed by atoms with Crippen LogP contribution in [0.15, 0.2) is 35.1 Å². The molecule has 0 aliphatic rings. The van der Waals surface area contributed by atoms with Crippen LogP contribution in [0.4, 0.5) is 11.4 Å². The Labute approximate surface area is 152 Å². The van der Waals surface area contributed by atoms with Crippen molar-refractivity contribution in [3.05, 3.63) is 68.0 Å². The lowest BCUT2D eigenvalue weighted by Crippen LogP contribution is -2.16. The summed E-state index contributed by atoms with van der Waals surface area (Å²) >= 11 is 5.83. The van der Waals surface area contributed by atoms with E-state index in [0.29, 0.717) is 10.6 Å². The van der Waals surface area contributed by atoms with E-state index in [0.717, 1.165) is 0 Å². The molecule has 0 radical (unpaired) electrons. The standard InChI is InChI=1S/C18H10ClN5O2/c19-10-3-1-8(2-4-10)17(25)11-5-9(6-20)16-13(14(11)22)15(23)12(7-21)18(26)24-16/h1-5H,22H2,(H3,23,24,26). The second-order valence-electron chi connectivity index (χ2n) is 5.44. The minimum Gasteiger partial charge on any atom is -0.398 e. The molecule has 0 saturated heterocycles. The van der Waals surface area contributed by atoms with Gasteiger partial charge in [0.2, 0.25) is 0 Å². The molecular weight excluding hydrogens is 354 g/mol. The van der Waals surface area contributed by atoms with Crippen LogP contribution in [-0.4, -0.2) is 10.8 Å². The first-order valence-electron chi connectivity index (χ1n) is 7.27. The molecule has 0 amide bonds. The van der Waals surface area contributed by atoms with Gasteiger partial charge in [-0.05, 0) is 30.3 Å². The number of aromatic nitrogens is 1. The Morgan fingerprint density at radius 3 is 2.31 bits per heavy atom. The van der Waals surface area contributed by atoms with E-state index in [4.69, 9.17) is 28.3 Å². The second kappa shape index (κ2) is 6.25. The number of halogens is 1. The number of nitriles is 2. The van der Waals surface area contributed by atoms with Gasteiger partial charge in [0.25, 0.3) is 5.56 Å². The Morgan fingerprint density at radius 1 is 1.08 bits per heavy atom. The summed E-state index contributed by atoms with van der Waals surface area (Å²) in [5.74, 6) is -0.443. The first kappa shape index (κ1) is 17.0. The fourth-order valence-corrected chi connectivity index (χ4v) is 2.80. The predicted molar refractivity (Wildman–Crippen MR) is 97.7 cm³/mol. The quantitative estimate of drug-likeness (QED) is 0.469. The summed E-state index contributed by atoms with van der Waals surface area (Å²) in [6.45, 7) is 0. The Balaban J connectivity index is 2.38. The number of carbonyl (C=O) groups excluding carboxylic acids is 1. The van der Waals surface area contributed by atoms with Crippen LogP contribution in [-0.2, 0) is 0 Å². The zero-order valence-corrected chi connectivity index (χ0v) is 13.9. The molecule has 8 heteroatoms. The number of pyridine rings is 1. The van der Waals surface area contributed by atoms with Crippen molar-refractivity contribution in [3.63, 3.8) is 0 Å². The van der Waals surface area contributed by atoms with Gasteiger partial charge in [-0.2, -0.15) is 10.5 Å².